The van der Waals surface area contributed by atoms with Gasteiger partial charge in [-0.3, -0.25) is 0 Å². The minimum atomic E-state index is -0.970. The van der Waals surface area contributed by atoms with Crippen molar-refractivity contribution >= 4 is 23.6 Å². The third kappa shape index (κ3) is 3.87. The summed E-state index contributed by atoms with van der Waals surface area (Å²) in [7, 11) is 0. The number of aryl methyl sites for hydroxylation is 1. The molecule has 102 valence electrons. The highest BCUT2D eigenvalue weighted by Crippen LogP contribution is 2.26. The Morgan fingerprint density at radius 2 is 1.80 bits per heavy atom. The summed E-state index contributed by atoms with van der Waals surface area (Å²) in [5.41, 5.74) is 1.75. The Hall–Kier alpha value is -2.26. The van der Waals surface area contributed by atoms with Gasteiger partial charge in [0.2, 0.25) is 0 Å². The van der Waals surface area contributed by atoms with Gasteiger partial charge in [0.05, 0.1) is 0 Å². The summed E-state index contributed by atoms with van der Waals surface area (Å²) in [5.74, 6) is 0.418. The number of carboxylic acids is 1. The molecule has 0 aliphatic heterocycles. The minimum absolute atomic E-state index is 0.680. The van der Waals surface area contributed by atoms with Crippen molar-refractivity contribution in [1.82, 2.24) is 0 Å². The van der Waals surface area contributed by atoms with Gasteiger partial charge in [0.15, 0.2) is 0 Å². The third-order valence-electron chi connectivity index (χ3n) is 2.66. The van der Waals surface area contributed by atoms with Crippen LogP contribution in [0.2, 0.25) is 5.02 Å². The van der Waals surface area contributed by atoms with Gasteiger partial charge in [-0.05, 0) is 54.5 Å². The molecule has 2 aromatic carbocycles. The number of hydrogen-bond donors (Lipinski definition) is 1. The fourth-order valence-corrected chi connectivity index (χ4v) is 1.75. The molecule has 2 aromatic rings. The molecule has 4 heteroatoms. The zero-order chi connectivity index (χ0) is 14.5. The van der Waals surface area contributed by atoms with Crippen molar-refractivity contribution in [3.05, 3.63) is 64.7 Å². The lowest BCUT2D eigenvalue weighted by Crippen LogP contribution is -1.87. The topological polar surface area (TPSA) is 46.5 Å². The van der Waals surface area contributed by atoms with E-state index in [4.69, 9.17) is 21.4 Å². The fourth-order valence-electron chi connectivity index (χ4n) is 1.63. The molecule has 20 heavy (non-hydrogen) atoms. The van der Waals surface area contributed by atoms with E-state index in [9.17, 15) is 4.79 Å². The number of hydrogen-bond acceptors (Lipinski definition) is 2. The highest BCUT2D eigenvalue weighted by Gasteiger charge is 2.00. The van der Waals surface area contributed by atoms with Crippen LogP contribution in [0.15, 0.2) is 48.5 Å². The average molecular weight is 289 g/mol. The first kappa shape index (κ1) is 14.2. The molecule has 0 saturated carbocycles. The molecule has 2 rings (SSSR count). The van der Waals surface area contributed by atoms with Crippen molar-refractivity contribution < 1.29 is 14.6 Å². The summed E-state index contributed by atoms with van der Waals surface area (Å²) in [5, 5.41) is 9.25. The summed E-state index contributed by atoms with van der Waals surface area (Å²) in [4.78, 5) is 10.4. The molecule has 0 fully saturated rings. The van der Waals surface area contributed by atoms with Gasteiger partial charge in [-0.1, -0.05) is 23.7 Å². The Labute approximate surface area is 122 Å². The van der Waals surface area contributed by atoms with Crippen LogP contribution in [0, 0.1) is 6.92 Å². The van der Waals surface area contributed by atoms with Crippen LogP contribution in [0.3, 0.4) is 0 Å². The van der Waals surface area contributed by atoms with Crippen molar-refractivity contribution in [3.63, 3.8) is 0 Å². The molecular weight excluding hydrogens is 276 g/mol. The summed E-state index contributed by atoms with van der Waals surface area (Å²) in [6.07, 6.45) is 2.62. The maximum absolute atomic E-state index is 10.4. The van der Waals surface area contributed by atoms with E-state index in [0.29, 0.717) is 16.5 Å². The summed E-state index contributed by atoms with van der Waals surface area (Å²) >= 11 is 5.95. The molecule has 0 aromatic heterocycles. The van der Waals surface area contributed by atoms with Gasteiger partial charge in [0, 0.05) is 11.1 Å². The standard InChI is InChI=1S/C16H13ClO3/c1-11-10-14(7-8-15(11)17)20-13-5-2-12(3-6-13)4-9-16(18)19/h2-10H,1H3,(H,18,19). The number of aliphatic carboxylic acids is 1. The molecule has 0 aliphatic rings. The molecule has 0 atom stereocenters. The van der Waals surface area contributed by atoms with E-state index in [2.05, 4.69) is 0 Å². The molecule has 0 unspecified atom stereocenters. The monoisotopic (exact) mass is 288 g/mol. The molecule has 0 saturated heterocycles. The number of rotatable bonds is 4. The predicted molar refractivity (Wildman–Crippen MR) is 79.4 cm³/mol. The van der Waals surface area contributed by atoms with Crippen LogP contribution in [0.1, 0.15) is 11.1 Å². The number of carbonyl (C=O) groups is 1. The van der Waals surface area contributed by atoms with Crippen molar-refractivity contribution in [3.8, 4) is 11.5 Å². The zero-order valence-corrected chi connectivity index (χ0v) is 11.6. The average Bonchev–Trinajstić information content (AvgIpc) is 2.42. The Bertz CT molecular complexity index is 645. The second kappa shape index (κ2) is 6.26. The first-order valence-corrected chi connectivity index (χ1v) is 6.37. The van der Waals surface area contributed by atoms with Crippen molar-refractivity contribution in [2.45, 2.75) is 6.92 Å². The first-order chi connectivity index (χ1) is 9.54. The second-order valence-corrected chi connectivity index (χ2v) is 4.66. The number of halogens is 1. The van der Waals surface area contributed by atoms with E-state index < -0.39 is 5.97 Å². The number of benzene rings is 2. The largest absolute Gasteiger partial charge is 0.478 e. The molecule has 0 spiro atoms. The lowest BCUT2D eigenvalue weighted by molar-refractivity contribution is -0.131. The molecular formula is C16H13ClO3. The van der Waals surface area contributed by atoms with Gasteiger partial charge in [-0.25, -0.2) is 4.79 Å². The van der Waals surface area contributed by atoms with E-state index in [1.54, 1.807) is 36.4 Å². The Kier molecular flexibility index (Phi) is 4.43. The molecule has 0 aliphatic carbocycles. The van der Waals surface area contributed by atoms with E-state index in [-0.39, 0.29) is 0 Å². The summed E-state index contributed by atoms with van der Waals surface area (Å²) in [6.45, 7) is 1.91. The minimum Gasteiger partial charge on any atom is -0.478 e. The van der Waals surface area contributed by atoms with Crippen LogP contribution in [-0.2, 0) is 4.79 Å². The SMILES string of the molecule is Cc1cc(Oc2ccc(C=CC(=O)O)cc2)ccc1Cl. The summed E-state index contributed by atoms with van der Waals surface area (Å²) < 4.78 is 5.70. The van der Waals surface area contributed by atoms with Crippen molar-refractivity contribution in [1.29, 1.82) is 0 Å². The van der Waals surface area contributed by atoms with E-state index in [1.165, 1.54) is 6.08 Å². The van der Waals surface area contributed by atoms with Gasteiger partial charge in [0.1, 0.15) is 11.5 Å². The normalized spacial score (nSPS) is 10.7. The molecule has 0 heterocycles. The van der Waals surface area contributed by atoms with Crippen molar-refractivity contribution in [2.24, 2.45) is 0 Å². The maximum atomic E-state index is 10.4. The van der Waals surface area contributed by atoms with Crippen molar-refractivity contribution in [2.75, 3.05) is 0 Å². The Balaban J connectivity index is 2.10. The molecule has 0 bridgehead atoms. The highest BCUT2D eigenvalue weighted by atomic mass is 35.5. The fraction of sp³-hybridized carbons (Fsp3) is 0.0625. The molecule has 0 amide bonds. The lowest BCUT2D eigenvalue weighted by Gasteiger charge is -2.07. The molecule has 0 radical (unpaired) electrons. The number of carboxylic acid groups (broad SMARTS) is 1. The summed E-state index contributed by atoms with van der Waals surface area (Å²) in [6, 6.07) is 12.6. The van der Waals surface area contributed by atoms with Crippen LogP contribution in [-0.4, -0.2) is 11.1 Å². The lowest BCUT2D eigenvalue weighted by atomic mass is 10.2. The van der Waals surface area contributed by atoms with Crippen LogP contribution in [0.5, 0.6) is 11.5 Å². The maximum Gasteiger partial charge on any atom is 0.328 e. The third-order valence-corrected chi connectivity index (χ3v) is 3.09. The first-order valence-electron chi connectivity index (χ1n) is 6.00. The van der Waals surface area contributed by atoms with Crippen LogP contribution in [0.25, 0.3) is 6.08 Å². The van der Waals surface area contributed by atoms with Crippen LogP contribution < -0.4 is 4.74 Å². The second-order valence-electron chi connectivity index (χ2n) is 4.25. The van der Waals surface area contributed by atoms with Gasteiger partial charge in [-0.15, -0.1) is 0 Å². The highest BCUT2D eigenvalue weighted by molar-refractivity contribution is 6.31. The van der Waals surface area contributed by atoms with Gasteiger partial charge >= 0.3 is 5.97 Å². The molecule has 1 N–H and O–H groups in total. The molecule has 3 nitrogen and oxygen atoms in total. The van der Waals surface area contributed by atoms with E-state index in [0.717, 1.165) is 17.2 Å². The van der Waals surface area contributed by atoms with Crippen LogP contribution in [0.4, 0.5) is 0 Å². The number of ether oxygens (including phenoxy) is 1. The Morgan fingerprint density at radius 3 is 2.40 bits per heavy atom. The smallest absolute Gasteiger partial charge is 0.328 e. The van der Waals surface area contributed by atoms with Gasteiger partial charge in [-0.2, -0.15) is 0 Å². The van der Waals surface area contributed by atoms with Crippen LogP contribution >= 0.6 is 11.6 Å². The van der Waals surface area contributed by atoms with E-state index in [1.807, 2.05) is 13.0 Å². The van der Waals surface area contributed by atoms with E-state index >= 15 is 0 Å². The van der Waals surface area contributed by atoms with Gasteiger partial charge in [0.25, 0.3) is 0 Å². The Morgan fingerprint density at radius 1 is 1.15 bits per heavy atom. The van der Waals surface area contributed by atoms with Gasteiger partial charge < -0.3 is 9.84 Å². The predicted octanol–water partition coefficient (Wildman–Crippen LogP) is 4.54. The zero-order valence-electron chi connectivity index (χ0n) is 10.8. The quantitative estimate of drug-likeness (QED) is 0.840.